The minimum Gasteiger partial charge on any atom is -0.480 e. The van der Waals surface area contributed by atoms with Crippen LogP contribution in [-0.2, 0) is 4.79 Å². The fourth-order valence-corrected chi connectivity index (χ4v) is 2.43. The number of rotatable bonds is 2. The van der Waals surface area contributed by atoms with E-state index in [2.05, 4.69) is 0 Å². The summed E-state index contributed by atoms with van der Waals surface area (Å²) in [6.07, 6.45) is 1.24. The third-order valence-electron chi connectivity index (χ3n) is 3.30. The number of halogens is 1. The molecule has 1 aromatic rings. The van der Waals surface area contributed by atoms with Crippen molar-refractivity contribution >= 4 is 23.5 Å². The Balaban J connectivity index is 2.31. The third-order valence-corrected chi connectivity index (χ3v) is 3.71. The normalized spacial score (nSPS) is 19.0. The van der Waals surface area contributed by atoms with Crippen molar-refractivity contribution in [2.45, 2.75) is 25.8 Å². The van der Waals surface area contributed by atoms with E-state index in [1.54, 1.807) is 25.1 Å². The van der Waals surface area contributed by atoms with Crippen LogP contribution in [0.2, 0.25) is 5.02 Å². The Morgan fingerprint density at radius 3 is 2.83 bits per heavy atom. The zero-order chi connectivity index (χ0) is 13.3. The fourth-order valence-electron chi connectivity index (χ4n) is 2.26. The maximum Gasteiger partial charge on any atom is 0.326 e. The van der Waals surface area contributed by atoms with Crippen LogP contribution in [0, 0.1) is 6.92 Å². The van der Waals surface area contributed by atoms with Gasteiger partial charge in [-0.3, -0.25) is 4.79 Å². The second-order valence-corrected chi connectivity index (χ2v) is 4.81. The monoisotopic (exact) mass is 267 g/mol. The first-order chi connectivity index (χ1) is 8.52. The number of likely N-dealkylation sites (tertiary alicyclic amines) is 1. The van der Waals surface area contributed by atoms with E-state index in [9.17, 15) is 9.59 Å². The van der Waals surface area contributed by atoms with Gasteiger partial charge < -0.3 is 10.0 Å². The summed E-state index contributed by atoms with van der Waals surface area (Å²) in [6.45, 7) is 2.25. The molecule has 1 aliphatic rings. The number of amides is 1. The lowest BCUT2D eigenvalue weighted by atomic mass is 10.1. The molecule has 1 atom stereocenters. The topological polar surface area (TPSA) is 57.6 Å². The Kier molecular flexibility index (Phi) is 3.57. The molecule has 18 heavy (non-hydrogen) atoms. The number of aliphatic carboxylic acids is 1. The first-order valence-electron chi connectivity index (χ1n) is 5.81. The molecule has 1 aliphatic heterocycles. The Hall–Kier alpha value is -1.55. The van der Waals surface area contributed by atoms with Crippen molar-refractivity contribution in [2.75, 3.05) is 6.54 Å². The smallest absolute Gasteiger partial charge is 0.326 e. The summed E-state index contributed by atoms with van der Waals surface area (Å²) >= 11 is 5.98. The van der Waals surface area contributed by atoms with Gasteiger partial charge in [0.15, 0.2) is 0 Å². The predicted octanol–water partition coefficient (Wildman–Crippen LogP) is 2.34. The highest BCUT2D eigenvalue weighted by molar-refractivity contribution is 6.31. The number of nitrogens with zero attached hydrogens (tertiary/aromatic N) is 1. The number of hydrogen-bond donors (Lipinski definition) is 1. The molecule has 0 spiro atoms. The average molecular weight is 268 g/mol. The highest BCUT2D eigenvalue weighted by Gasteiger charge is 2.34. The van der Waals surface area contributed by atoms with Gasteiger partial charge in [-0.1, -0.05) is 17.7 Å². The summed E-state index contributed by atoms with van der Waals surface area (Å²) in [6, 6.07) is 4.39. The van der Waals surface area contributed by atoms with Gasteiger partial charge in [0.1, 0.15) is 6.04 Å². The van der Waals surface area contributed by atoms with E-state index >= 15 is 0 Å². The molecule has 0 saturated carbocycles. The highest BCUT2D eigenvalue weighted by atomic mass is 35.5. The minimum absolute atomic E-state index is 0.250. The first kappa shape index (κ1) is 12.9. The zero-order valence-electron chi connectivity index (χ0n) is 10.0. The van der Waals surface area contributed by atoms with Crippen LogP contribution >= 0.6 is 11.6 Å². The van der Waals surface area contributed by atoms with Crippen molar-refractivity contribution in [3.8, 4) is 0 Å². The minimum atomic E-state index is -0.944. The molecule has 1 N–H and O–H groups in total. The Morgan fingerprint density at radius 1 is 1.44 bits per heavy atom. The standard InChI is InChI=1S/C13H14ClNO3/c1-8-9(4-2-5-10(8)14)12(16)15-7-3-6-11(15)13(17)18/h2,4-5,11H,3,6-7H2,1H3,(H,17,18)/t11-/m0/s1. The van der Waals surface area contributed by atoms with Crippen molar-refractivity contribution in [1.82, 2.24) is 4.90 Å². The van der Waals surface area contributed by atoms with E-state index in [1.165, 1.54) is 4.90 Å². The molecule has 0 unspecified atom stereocenters. The second kappa shape index (κ2) is 4.98. The van der Waals surface area contributed by atoms with Crippen molar-refractivity contribution in [1.29, 1.82) is 0 Å². The number of benzene rings is 1. The van der Waals surface area contributed by atoms with Gasteiger partial charge in [-0.15, -0.1) is 0 Å². The van der Waals surface area contributed by atoms with Gasteiger partial charge in [0.05, 0.1) is 0 Å². The molecule has 1 heterocycles. The van der Waals surface area contributed by atoms with Crippen LogP contribution < -0.4 is 0 Å². The quantitative estimate of drug-likeness (QED) is 0.895. The lowest BCUT2D eigenvalue weighted by molar-refractivity contribution is -0.141. The number of hydrogen-bond acceptors (Lipinski definition) is 2. The van der Waals surface area contributed by atoms with Crippen LogP contribution in [-0.4, -0.2) is 34.5 Å². The molecule has 1 amide bonds. The van der Waals surface area contributed by atoms with E-state index in [1.807, 2.05) is 0 Å². The molecule has 0 bridgehead atoms. The summed E-state index contributed by atoms with van der Waals surface area (Å²) in [4.78, 5) is 24.8. The molecule has 5 heteroatoms. The summed E-state index contributed by atoms with van der Waals surface area (Å²) < 4.78 is 0. The molecule has 0 aliphatic carbocycles. The Morgan fingerprint density at radius 2 is 2.17 bits per heavy atom. The molecular formula is C13H14ClNO3. The summed E-state index contributed by atoms with van der Waals surface area (Å²) in [5.41, 5.74) is 1.18. The zero-order valence-corrected chi connectivity index (χ0v) is 10.8. The maximum absolute atomic E-state index is 12.3. The van der Waals surface area contributed by atoms with Gasteiger partial charge in [-0.25, -0.2) is 4.79 Å². The average Bonchev–Trinajstić information content (AvgIpc) is 2.81. The molecular weight excluding hydrogens is 254 g/mol. The molecule has 0 aromatic heterocycles. The number of carbonyl (C=O) groups is 2. The maximum atomic E-state index is 12.3. The lowest BCUT2D eigenvalue weighted by Crippen LogP contribution is -2.40. The van der Waals surface area contributed by atoms with Gasteiger partial charge in [0, 0.05) is 17.1 Å². The van der Waals surface area contributed by atoms with Crippen molar-refractivity contribution < 1.29 is 14.7 Å². The highest BCUT2D eigenvalue weighted by Crippen LogP contribution is 2.24. The van der Waals surface area contributed by atoms with Gasteiger partial charge in [-0.2, -0.15) is 0 Å². The largest absolute Gasteiger partial charge is 0.480 e. The third kappa shape index (κ3) is 2.20. The van der Waals surface area contributed by atoms with Gasteiger partial charge in [0.2, 0.25) is 0 Å². The van der Waals surface area contributed by atoms with Crippen LogP contribution in [0.1, 0.15) is 28.8 Å². The van der Waals surface area contributed by atoms with Crippen molar-refractivity contribution in [2.24, 2.45) is 0 Å². The van der Waals surface area contributed by atoms with E-state index in [4.69, 9.17) is 16.7 Å². The van der Waals surface area contributed by atoms with Crippen LogP contribution in [0.4, 0.5) is 0 Å². The summed E-state index contributed by atoms with van der Waals surface area (Å²) in [5.74, 6) is -1.19. The van der Waals surface area contributed by atoms with Crippen LogP contribution in [0.5, 0.6) is 0 Å². The molecule has 0 radical (unpaired) electrons. The van der Waals surface area contributed by atoms with Crippen LogP contribution in [0.25, 0.3) is 0 Å². The molecule has 96 valence electrons. The SMILES string of the molecule is Cc1c(Cl)cccc1C(=O)N1CCC[C@H]1C(=O)O. The number of carboxylic acids is 1. The van der Waals surface area contributed by atoms with Crippen LogP contribution in [0.15, 0.2) is 18.2 Å². The molecule has 4 nitrogen and oxygen atoms in total. The first-order valence-corrected chi connectivity index (χ1v) is 6.19. The van der Waals surface area contributed by atoms with Gasteiger partial charge in [-0.05, 0) is 37.5 Å². The fraction of sp³-hybridized carbons (Fsp3) is 0.385. The number of carboxylic acid groups (broad SMARTS) is 1. The Bertz CT molecular complexity index is 501. The van der Waals surface area contributed by atoms with E-state index in [0.717, 1.165) is 6.42 Å². The lowest BCUT2D eigenvalue weighted by Gasteiger charge is -2.22. The van der Waals surface area contributed by atoms with Crippen molar-refractivity contribution in [3.63, 3.8) is 0 Å². The number of carbonyl (C=O) groups excluding carboxylic acids is 1. The molecule has 1 fully saturated rings. The summed E-state index contributed by atoms with van der Waals surface area (Å²) in [7, 11) is 0. The van der Waals surface area contributed by atoms with Gasteiger partial charge >= 0.3 is 5.97 Å². The van der Waals surface area contributed by atoms with E-state index in [0.29, 0.717) is 29.1 Å². The van der Waals surface area contributed by atoms with Crippen LogP contribution in [0.3, 0.4) is 0 Å². The van der Waals surface area contributed by atoms with Gasteiger partial charge in [0.25, 0.3) is 5.91 Å². The summed E-state index contributed by atoms with van der Waals surface area (Å²) in [5, 5.41) is 9.60. The van der Waals surface area contributed by atoms with Crippen molar-refractivity contribution in [3.05, 3.63) is 34.3 Å². The molecule has 2 rings (SSSR count). The Labute approximate surface area is 110 Å². The van der Waals surface area contributed by atoms with E-state index in [-0.39, 0.29) is 5.91 Å². The molecule has 1 saturated heterocycles. The van der Waals surface area contributed by atoms with E-state index < -0.39 is 12.0 Å². The molecule has 1 aromatic carbocycles. The predicted molar refractivity (Wildman–Crippen MR) is 67.9 cm³/mol. The second-order valence-electron chi connectivity index (χ2n) is 4.41.